The first kappa shape index (κ1) is 17.0. The molecule has 3 aromatic rings. The molecular formula is C19H13N3O4. The van der Waals surface area contributed by atoms with Crippen molar-refractivity contribution in [3.05, 3.63) is 87.7 Å². The number of carboxylic acid groups (broad SMARTS) is 1. The molecule has 128 valence electrons. The fraction of sp³-hybridized carbons (Fsp3) is 0. The predicted octanol–water partition coefficient (Wildman–Crippen LogP) is 3.92. The van der Waals surface area contributed by atoms with Crippen LogP contribution >= 0.6 is 0 Å². The maximum absolute atomic E-state index is 11.4. The number of non-ortho nitro benzene ring substituents is 1. The Hall–Kier alpha value is -3.87. The Morgan fingerprint density at radius 3 is 2.35 bits per heavy atom. The molecule has 0 amide bonds. The molecule has 0 bridgehead atoms. The number of benzene rings is 2. The minimum absolute atomic E-state index is 0.0122. The standard InChI is InChI=1S/C19H13N3O4/c23-19(24)16-12-20-18(14-4-2-1-3-5-14)21-17(16)11-8-13-6-9-15(10-7-13)22(25)26/h1-12H,(H,23,24)/b11-8+. The number of aromatic carboxylic acids is 1. The summed E-state index contributed by atoms with van der Waals surface area (Å²) in [5, 5.41) is 20.0. The van der Waals surface area contributed by atoms with Crippen LogP contribution in [0.25, 0.3) is 23.5 Å². The second-order valence-electron chi connectivity index (χ2n) is 5.35. The van der Waals surface area contributed by atoms with Crippen molar-refractivity contribution in [2.75, 3.05) is 0 Å². The van der Waals surface area contributed by atoms with Crippen LogP contribution in [0.5, 0.6) is 0 Å². The van der Waals surface area contributed by atoms with Crippen molar-refractivity contribution in [2.24, 2.45) is 0 Å². The van der Waals surface area contributed by atoms with Crippen LogP contribution in [0.15, 0.2) is 60.8 Å². The molecule has 0 atom stereocenters. The van der Waals surface area contributed by atoms with Crippen LogP contribution in [-0.2, 0) is 0 Å². The van der Waals surface area contributed by atoms with E-state index in [0.29, 0.717) is 11.4 Å². The van der Waals surface area contributed by atoms with Gasteiger partial charge in [-0.2, -0.15) is 0 Å². The lowest BCUT2D eigenvalue weighted by Crippen LogP contribution is -2.04. The van der Waals surface area contributed by atoms with Crippen molar-refractivity contribution in [3.63, 3.8) is 0 Å². The molecule has 0 aliphatic rings. The van der Waals surface area contributed by atoms with Gasteiger partial charge in [-0.15, -0.1) is 0 Å². The summed E-state index contributed by atoms with van der Waals surface area (Å²) < 4.78 is 0. The van der Waals surface area contributed by atoms with Gasteiger partial charge in [0.25, 0.3) is 5.69 Å². The molecule has 1 aromatic heterocycles. The molecule has 0 saturated heterocycles. The number of carboxylic acids is 1. The van der Waals surface area contributed by atoms with Crippen molar-refractivity contribution in [2.45, 2.75) is 0 Å². The Bertz CT molecular complexity index is 983. The van der Waals surface area contributed by atoms with Gasteiger partial charge in [0.15, 0.2) is 5.82 Å². The smallest absolute Gasteiger partial charge is 0.339 e. The highest BCUT2D eigenvalue weighted by atomic mass is 16.6. The molecule has 0 aliphatic heterocycles. The molecule has 7 nitrogen and oxygen atoms in total. The van der Waals surface area contributed by atoms with Crippen LogP contribution in [0.3, 0.4) is 0 Å². The Labute approximate surface area is 148 Å². The molecule has 0 unspecified atom stereocenters. The summed E-state index contributed by atoms with van der Waals surface area (Å²) in [5.74, 6) is -0.716. The van der Waals surface area contributed by atoms with E-state index in [9.17, 15) is 20.0 Å². The second kappa shape index (κ2) is 7.35. The van der Waals surface area contributed by atoms with Gasteiger partial charge in [0.2, 0.25) is 0 Å². The van der Waals surface area contributed by atoms with E-state index in [-0.39, 0.29) is 16.9 Å². The molecule has 7 heteroatoms. The fourth-order valence-electron chi connectivity index (χ4n) is 2.30. The summed E-state index contributed by atoms with van der Waals surface area (Å²) in [6.45, 7) is 0. The van der Waals surface area contributed by atoms with Crippen molar-refractivity contribution >= 4 is 23.8 Å². The SMILES string of the molecule is O=C(O)c1cnc(-c2ccccc2)nc1/C=C/c1ccc([N+](=O)[O-])cc1. The van der Waals surface area contributed by atoms with E-state index in [1.165, 1.54) is 18.3 Å². The monoisotopic (exact) mass is 347 g/mol. The first-order valence-corrected chi connectivity index (χ1v) is 7.63. The molecule has 0 spiro atoms. The fourth-order valence-corrected chi connectivity index (χ4v) is 2.30. The second-order valence-corrected chi connectivity index (χ2v) is 5.35. The number of nitro benzene ring substituents is 1. The van der Waals surface area contributed by atoms with Crippen molar-refractivity contribution in [1.29, 1.82) is 0 Å². The Kier molecular flexibility index (Phi) is 4.80. The zero-order chi connectivity index (χ0) is 18.5. The number of nitrogens with zero attached hydrogens (tertiary/aromatic N) is 3. The summed E-state index contributed by atoms with van der Waals surface area (Å²) in [7, 11) is 0. The van der Waals surface area contributed by atoms with Gasteiger partial charge in [0.05, 0.1) is 10.6 Å². The maximum atomic E-state index is 11.4. The highest BCUT2D eigenvalue weighted by molar-refractivity contribution is 5.92. The molecular weight excluding hydrogens is 334 g/mol. The van der Waals surface area contributed by atoms with Gasteiger partial charge >= 0.3 is 5.97 Å². The average Bonchev–Trinajstić information content (AvgIpc) is 2.67. The Balaban J connectivity index is 1.96. The van der Waals surface area contributed by atoms with E-state index in [1.807, 2.05) is 30.3 Å². The zero-order valence-electron chi connectivity index (χ0n) is 13.4. The minimum atomic E-state index is -1.13. The first-order valence-electron chi connectivity index (χ1n) is 7.63. The molecule has 1 N–H and O–H groups in total. The lowest BCUT2D eigenvalue weighted by atomic mass is 10.1. The first-order chi connectivity index (χ1) is 12.5. The summed E-state index contributed by atoms with van der Waals surface area (Å²) in [6.07, 6.45) is 4.47. The molecule has 3 rings (SSSR count). The number of carbonyl (C=O) groups is 1. The van der Waals surface area contributed by atoms with E-state index in [4.69, 9.17) is 0 Å². The van der Waals surface area contributed by atoms with Gasteiger partial charge in [0, 0.05) is 23.9 Å². The zero-order valence-corrected chi connectivity index (χ0v) is 13.4. The van der Waals surface area contributed by atoms with Crippen molar-refractivity contribution in [1.82, 2.24) is 9.97 Å². The lowest BCUT2D eigenvalue weighted by molar-refractivity contribution is -0.384. The number of aromatic nitrogens is 2. The summed E-state index contributed by atoms with van der Waals surface area (Å²) in [6, 6.07) is 15.1. The highest BCUT2D eigenvalue weighted by Gasteiger charge is 2.12. The molecule has 26 heavy (non-hydrogen) atoms. The lowest BCUT2D eigenvalue weighted by Gasteiger charge is -2.04. The van der Waals surface area contributed by atoms with Crippen LogP contribution in [0, 0.1) is 10.1 Å². The Morgan fingerprint density at radius 2 is 1.73 bits per heavy atom. The van der Waals surface area contributed by atoms with E-state index in [1.54, 1.807) is 24.3 Å². The van der Waals surface area contributed by atoms with Crippen LogP contribution < -0.4 is 0 Å². The number of hydrogen-bond acceptors (Lipinski definition) is 5. The topological polar surface area (TPSA) is 106 Å². The summed E-state index contributed by atoms with van der Waals surface area (Å²) >= 11 is 0. The molecule has 0 saturated carbocycles. The number of rotatable bonds is 5. The third-order valence-electron chi connectivity index (χ3n) is 3.62. The van der Waals surface area contributed by atoms with Gasteiger partial charge in [-0.25, -0.2) is 14.8 Å². The van der Waals surface area contributed by atoms with E-state index in [0.717, 1.165) is 5.56 Å². The quantitative estimate of drug-likeness (QED) is 0.554. The van der Waals surface area contributed by atoms with Gasteiger partial charge < -0.3 is 5.11 Å². The third kappa shape index (κ3) is 3.78. The van der Waals surface area contributed by atoms with E-state index < -0.39 is 10.9 Å². The molecule has 2 aromatic carbocycles. The normalized spacial score (nSPS) is 10.8. The largest absolute Gasteiger partial charge is 0.478 e. The highest BCUT2D eigenvalue weighted by Crippen LogP contribution is 2.19. The van der Waals surface area contributed by atoms with Crippen LogP contribution in [0.4, 0.5) is 5.69 Å². The summed E-state index contributed by atoms with van der Waals surface area (Å²) in [5.41, 5.74) is 1.68. The van der Waals surface area contributed by atoms with Gasteiger partial charge in [-0.3, -0.25) is 10.1 Å². The van der Waals surface area contributed by atoms with Crippen LogP contribution in [0.2, 0.25) is 0 Å². The van der Waals surface area contributed by atoms with Crippen LogP contribution in [-0.4, -0.2) is 26.0 Å². The van der Waals surface area contributed by atoms with E-state index >= 15 is 0 Å². The molecule has 0 fully saturated rings. The van der Waals surface area contributed by atoms with Crippen LogP contribution in [0.1, 0.15) is 21.6 Å². The van der Waals surface area contributed by atoms with Crippen molar-refractivity contribution in [3.8, 4) is 11.4 Å². The molecule has 0 radical (unpaired) electrons. The third-order valence-corrected chi connectivity index (χ3v) is 3.62. The summed E-state index contributed by atoms with van der Waals surface area (Å²) in [4.78, 5) is 30.1. The predicted molar refractivity (Wildman–Crippen MR) is 96.5 cm³/mol. The van der Waals surface area contributed by atoms with Gasteiger partial charge in [0.1, 0.15) is 5.56 Å². The minimum Gasteiger partial charge on any atom is -0.478 e. The average molecular weight is 347 g/mol. The van der Waals surface area contributed by atoms with E-state index in [2.05, 4.69) is 9.97 Å². The Morgan fingerprint density at radius 1 is 1.04 bits per heavy atom. The maximum Gasteiger partial charge on any atom is 0.339 e. The molecule has 0 aliphatic carbocycles. The number of hydrogen-bond donors (Lipinski definition) is 1. The number of nitro groups is 1. The molecule has 1 heterocycles. The van der Waals surface area contributed by atoms with Gasteiger partial charge in [-0.05, 0) is 23.8 Å². The van der Waals surface area contributed by atoms with Gasteiger partial charge in [-0.1, -0.05) is 36.4 Å². The van der Waals surface area contributed by atoms with Crippen molar-refractivity contribution < 1.29 is 14.8 Å².